The van der Waals surface area contributed by atoms with Crippen molar-refractivity contribution in [2.24, 2.45) is 0 Å². The second kappa shape index (κ2) is 8.23. The third-order valence-electron chi connectivity index (χ3n) is 1.90. The van der Waals surface area contributed by atoms with Crippen molar-refractivity contribution < 1.29 is 76.0 Å². The molecular weight excluding hydrogens is 245 g/mol. The van der Waals surface area contributed by atoms with Crippen molar-refractivity contribution in [3.63, 3.8) is 0 Å². The van der Waals surface area contributed by atoms with Gasteiger partial charge in [0, 0.05) is 4.57 Å². The molecule has 1 atom stereocenters. The number of benzene rings is 1. The normalized spacial score (nSPS) is 10.9. The summed E-state index contributed by atoms with van der Waals surface area (Å²) in [7, 11) is -2.56. The average Bonchev–Trinajstić information content (AvgIpc) is 2.02. The Labute approximate surface area is 144 Å². The van der Waals surface area contributed by atoms with Crippen molar-refractivity contribution in [2.45, 2.75) is 26.2 Å². The van der Waals surface area contributed by atoms with Crippen molar-refractivity contribution in [1.82, 2.24) is 0 Å². The zero-order valence-electron chi connectivity index (χ0n) is 12.5. The van der Waals surface area contributed by atoms with E-state index in [9.17, 15) is 4.57 Å². The van der Waals surface area contributed by atoms with Crippen LogP contribution in [-0.4, -0.2) is 4.89 Å². The third kappa shape index (κ3) is 6.73. The Hall–Kier alpha value is 1.08. The summed E-state index contributed by atoms with van der Waals surface area (Å²) in [5, 5.41) is 0. The molecule has 0 spiro atoms. The number of rotatable bonds is 2. The Bertz CT molecular complexity index is 342. The van der Waals surface area contributed by atoms with Gasteiger partial charge in [-0.2, -0.15) is 0 Å². The summed E-state index contributed by atoms with van der Waals surface area (Å²) in [6, 6.07) is 7.19. The van der Waals surface area contributed by atoms with E-state index < -0.39 is 8.25 Å². The summed E-state index contributed by atoms with van der Waals surface area (Å²) in [5.74, 6) is 0.418. The quantitative estimate of drug-likeness (QED) is 0.463. The molecule has 0 aliphatic carbocycles. The minimum Gasteiger partial charge on any atom is -1.00 e. The van der Waals surface area contributed by atoms with E-state index >= 15 is 0 Å². The first-order valence-electron chi connectivity index (χ1n) is 4.34. The van der Waals surface area contributed by atoms with Crippen LogP contribution in [0.4, 0.5) is 0 Å². The molecule has 0 aliphatic heterocycles. The fourth-order valence-corrected chi connectivity index (χ4v) is 1.41. The van der Waals surface area contributed by atoms with Crippen molar-refractivity contribution in [1.29, 1.82) is 0 Å². The van der Waals surface area contributed by atoms with E-state index in [0.717, 1.165) is 5.56 Å². The van der Waals surface area contributed by atoms with Gasteiger partial charge >= 0.3 is 67.4 Å². The SMILES string of the molecule is CC(C)(C)c1ccc(O[P+](=O)O)cc1.[H-].[H-].[Na+].[Na+]. The maximum atomic E-state index is 10.4. The molecular formula is C10H16Na2O3P+. The second-order valence-electron chi connectivity index (χ2n) is 4.10. The molecule has 0 bridgehead atoms. The molecule has 80 valence electrons. The van der Waals surface area contributed by atoms with E-state index in [4.69, 9.17) is 4.89 Å². The molecule has 0 radical (unpaired) electrons. The van der Waals surface area contributed by atoms with E-state index in [2.05, 4.69) is 25.3 Å². The molecule has 1 aromatic rings. The molecule has 3 nitrogen and oxygen atoms in total. The first-order chi connectivity index (χ1) is 6.39. The Balaban J connectivity index is -0.000000245. The van der Waals surface area contributed by atoms with E-state index in [1.807, 2.05) is 12.1 Å². The standard InChI is InChI=1S/C10H13O3P.2Na.2H/c1-10(2,3)8-4-6-9(7-5-8)13-14(11)12;;;;/h4-7H,1-3H3;;;;/q;2*+1;2*-1/p+1. The van der Waals surface area contributed by atoms with Crippen molar-refractivity contribution in [3.8, 4) is 5.75 Å². The summed E-state index contributed by atoms with van der Waals surface area (Å²) in [6.45, 7) is 6.32. The average molecular weight is 261 g/mol. The van der Waals surface area contributed by atoms with Crippen LogP contribution in [0.3, 0.4) is 0 Å². The Morgan fingerprint density at radius 1 is 1.19 bits per heavy atom. The van der Waals surface area contributed by atoms with E-state index in [1.54, 1.807) is 12.1 Å². The number of hydrogen-bond acceptors (Lipinski definition) is 2. The molecule has 6 heteroatoms. The van der Waals surface area contributed by atoms with Crippen LogP contribution in [0.2, 0.25) is 0 Å². The zero-order valence-corrected chi connectivity index (χ0v) is 15.4. The predicted molar refractivity (Wildman–Crippen MR) is 57.8 cm³/mol. The van der Waals surface area contributed by atoms with Crippen LogP contribution < -0.4 is 63.6 Å². The molecule has 0 aliphatic rings. The third-order valence-corrected chi connectivity index (χ3v) is 2.27. The molecule has 1 rings (SSSR count). The van der Waals surface area contributed by atoms with Crippen molar-refractivity contribution in [2.75, 3.05) is 0 Å². The first-order valence-corrected chi connectivity index (χ1v) is 5.47. The first kappa shape index (κ1) is 19.4. The molecule has 16 heavy (non-hydrogen) atoms. The van der Waals surface area contributed by atoms with Crippen LogP contribution in [0, 0.1) is 0 Å². The van der Waals surface area contributed by atoms with Gasteiger partial charge in [0.2, 0.25) is 0 Å². The van der Waals surface area contributed by atoms with Crippen molar-refractivity contribution >= 4 is 8.25 Å². The Kier molecular flexibility index (Phi) is 9.99. The van der Waals surface area contributed by atoms with Gasteiger partial charge < -0.3 is 2.85 Å². The molecule has 1 N–H and O–H groups in total. The topological polar surface area (TPSA) is 46.5 Å². The van der Waals surface area contributed by atoms with Gasteiger partial charge in [-0.1, -0.05) is 32.9 Å². The molecule has 0 saturated heterocycles. The summed E-state index contributed by atoms with van der Waals surface area (Å²) >= 11 is 0. The fourth-order valence-electron chi connectivity index (χ4n) is 1.11. The summed E-state index contributed by atoms with van der Waals surface area (Å²) in [4.78, 5) is 8.52. The Morgan fingerprint density at radius 2 is 1.62 bits per heavy atom. The van der Waals surface area contributed by atoms with Gasteiger partial charge in [0.25, 0.3) is 0 Å². The Morgan fingerprint density at radius 3 is 1.94 bits per heavy atom. The van der Waals surface area contributed by atoms with Gasteiger partial charge in [0.1, 0.15) is 0 Å². The minimum absolute atomic E-state index is 0. The van der Waals surface area contributed by atoms with E-state index in [0.29, 0.717) is 5.75 Å². The van der Waals surface area contributed by atoms with Gasteiger partial charge in [-0.15, -0.1) is 4.89 Å². The van der Waals surface area contributed by atoms with E-state index in [1.165, 1.54) is 0 Å². The summed E-state index contributed by atoms with van der Waals surface area (Å²) in [5.41, 5.74) is 1.25. The van der Waals surface area contributed by atoms with Gasteiger partial charge in [-0.05, 0) is 23.1 Å². The van der Waals surface area contributed by atoms with Gasteiger partial charge in [-0.25, -0.2) is 4.52 Å². The molecule has 1 aromatic carbocycles. The second-order valence-corrected chi connectivity index (χ2v) is 4.76. The molecule has 1 unspecified atom stereocenters. The molecule has 0 heterocycles. The summed E-state index contributed by atoms with van der Waals surface area (Å²) in [6.07, 6.45) is 0. The minimum atomic E-state index is -2.56. The summed E-state index contributed by atoms with van der Waals surface area (Å²) < 4.78 is 15.0. The van der Waals surface area contributed by atoms with Crippen LogP contribution in [0.15, 0.2) is 24.3 Å². The van der Waals surface area contributed by atoms with Gasteiger partial charge in [0.05, 0.1) is 0 Å². The van der Waals surface area contributed by atoms with Crippen LogP contribution >= 0.6 is 8.25 Å². The van der Waals surface area contributed by atoms with Crippen molar-refractivity contribution in [3.05, 3.63) is 29.8 Å². The zero-order chi connectivity index (χ0) is 10.8. The van der Waals surface area contributed by atoms with Crippen LogP contribution in [-0.2, 0) is 9.98 Å². The number of hydrogen-bond donors (Lipinski definition) is 1. The van der Waals surface area contributed by atoms with Gasteiger partial charge in [-0.3, -0.25) is 0 Å². The molecule has 0 aromatic heterocycles. The fraction of sp³-hybridized carbons (Fsp3) is 0.400. The maximum absolute atomic E-state index is 10.4. The van der Waals surface area contributed by atoms with Gasteiger partial charge in [0.15, 0.2) is 5.75 Å². The largest absolute Gasteiger partial charge is 1.00 e. The molecule has 0 saturated carbocycles. The molecule has 0 fully saturated rings. The smallest absolute Gasteiger partial charge is 1.00 e. The van der Waals surface area contributed by atoms with E-state index in [-0.39, 0.29) is 67.4 Å². The van der Waals surface area contributed by atoms with Crippen LogP contribution in [0.5, 0.6) is 5.75 Å². The van der Waals surface area contributed by atoms with Crippen LogP contribution in [0.25, 0.3) is 0 Å². The van der Waals surface area contributed by atoms with Crippen LogP contribution in [0.1, 0.15) is 29.2 Å². The predicted octanol–water partition coefficient (Wildman–Crippen LogP) is -2.75. The molecule has 0 amide bonds. The maximum Gasteiger partial charge on any atom is 1.00 e. The monoisotopic (exact) mass is 261 g/mol.